The molecule has 2 heterocycles. The van der Waals surface area contributed by atoms with Crippen LogP contribution >= 0.6 is 0 Å². The zero-order chi connectivity index (χ0) is 18.3. The van der Waals surface area contributed by atoms with Crippen molar-refractivity contribution in [3.05, 3.63) is 18.3 Å². The molecule has 2 rings (SSSR count). The summed E-state index contributed by atoms with van der Waals surface area (Å²) in [4.78, 5) is 6.14. The molecule has 25 heavy (non-hydrogen) atoms. The van der Waals surface area contributed by atoms with Crippen molar-refractivity contribution in [1.82, 2.24) is 4.98 Å². The number of rotatable bonds is 11. The number of pyridine rings is 1. The van der Waals surface area contributed by atoms with Gasteiger partial charge in [0, 0.05) is 0 Å². The summed E-state index contributed by atoms with van der Waals surface area (Å²) in [6, 6.07) is 4.41. The molecule has 1 aliphatic heterocycles. The minimum atomic E-state index is -2.54. The number of aromatic nitrogens is 1. The van der Waals surface area contributed by atoms with Crippen LogP contribution in [0.5, 0.6) is 0 Å². The SMILES string of the molecule is CCC[CH2][Sn]([CH2]CCC)([CH2]CCC)[c]1ccnc(N2CC(F)(F)C2)c1. The van der Waals surface area contributed by atoms with Crippen LogP contribution in [0.4, 0.5) is 14.6 Å². The summed E-state index contributed by atoms with van der Waals surface area (Å²) in [5, 5.41) is 0. The summed E-state index contributed by atoms with van der Waals surface area (Å²) in [7, 11) is 0. The molecule has 142 valence electrons. The van der Waals surface area contributed by atoms with Gasteiger partial charge in [-0.2, -0.15) is 0 Å². The number of halogens is 2. The molecule has 0 radical (unpaired) electrons. The average molecular weight is 459 g/mol. The Hall–Kier alpha value is -0.391. The van der Waals surface area contributed by atoms with Gasteiger partial charge in [0.05, 0.1) is 0 Å². The predicted molar refractivity (Wildman–Crippen MR) is 106 cm³/mol. The number of unbranched alkanes of at least 4 members (excludes halogenated alkanes) is 3. The second kappa shape index (κ2) is 9.52. The zero-order valence-corrected chi connectivity index (χ0v) is 19.0. The van der Waals surface area contributed by atoms with Gasteiger partial charge in [-0.15, -0.1) is 0 Å². The molecule has 0 unspecified atom stereocenters. The Kier molecular flexibility index (Phi) is 7.96. The van der Waals surface area contributed by atoms with Crippen molar-refractivity contribution in [2.24, 2.45) is 0 Å². The number of anilines is 1. The van der Waals surface area contributed by atoms with Gasteiger partial charge >= 0.3 is 156 Å². The van der Waals surface area contributed by atoms with Crippen LogP contribution < -0.4 is 8.48 Å². The van der Waals surface area contributed by atoms with E-state index < -0.39 is 24.3 Å². The van der Waals surface area contributed by atoms with Crippen molar-refractivity contribution in [3.8, 4) is 0 Å². The van der Waals surface area contributed by atoms with Gasteiger partial charge in [0.2, 0.25) is 0 Å². The fraction of sp³-hybridized carbons (Fsp3) is 0.750. The van der Waals surface area contributed by atoms with Gasteiger partial charge in [0.25, 0.3) is 0 Å². The minimum absolute atomic E-state index is 0.176. The molecule has 2 nitrogen and oxygen atoms in total. The van der Waals surface area contributed by atoms with Crippen LogP contribution in [-0.2, 0) is 0 Å². The molecule has 0 bridgehead atoms. The van der Waals surface area contributed by atoms with Gasteiger partial charge in [-0.1, -0.05) is 0 Å². The summed E-state index contributed by atoms with van der Waals surface area (Å²) in [5.74, 6) is -1.76. The topological polar surface area (TPSA) is 16.1 Å². The molecule has 0 N–H and O–H groups in total. The zero-order valence-electron chi connectivity index (χ0n) is 16.2. The summed E-state index contributed by atoms with van der Waals surface area (Å²) in [6.07, 6.45) is 9.53. The Bertz CT molecular complexity index is 506. The summed E-state index contributed by atoms with van der Waals surface area (Å²) in [6.45, 7) is 6.47. The molecule has 0 spiro atoms. The van der Waals surface area contributed by atoms with Gasteiger partial charge < -0.3 is 0 Å². The Morgan fingerprint density at radius 1 is 1.00 bits per heavy atom. The second-order valence-electron chi connectivity index (χ2n) is 7.71. The molecule has 0 saturated carbocycles. The number of alkyl halides is 2. The third kappa shape index (κ3) is 5.54. The number of nitrogens with zero attached hydrogens (tertiary/aromatic N) is 2. The molecule has 0 atom stereocenters. The van der Waals surface area contributed by atoms with Crippen LogP contribution in [0, 0.1) is 0 Å². The van der Waals surface area contributed by atoms with Crippen LogP contribution in [-0.4, -0.2) is 42.4 Å². The molecule has 1 saturated heterocycles. The van der Waals surface area contributed by atoms with E-state index >= 15 is 0 Å². The van der Waals surface area contributed by atoms with E-state index in [1.165, 1.54) is 55.4 Å². The first-order valence-electron chi connectivity index (χ1n) is 10.1. The molecular weight excluding hydrogens is 425 g/mol. The van der Waals surface area contributed by atoms with Crippen LogP contribution in [0.2, 0.25) is 13.3 Å². The summed E-state index contributed by atoms with van der Waals surface area (Å²) < 4.78 is 32.2. The van der Waals surface area contributed by atoms with E-state index in [0.717, 1.165) is 5.82 Å². The van der Waals surface area contributed by atoms with Crippen LogP contribution in [0.1, 0.15) is 59.3 Å². The van der Waals surface area contributed by atoms with Gasteiger partial charge in [-0.3, -0.25) is 0 Å². The molecule has 1 aromatic rings. The van der Waals surface area contributed by atoms with Crippen molar-refractivity contribution in [1.29, 1.82) is 0 Å². The van der Waals surface area contributed by atoms with Crippen molar-refractivity contribution >= 4 is 27.8 Å². The van der Waals surface area contributed by atoms with Gasteiger partial charge in [-0.05, 0) is 0 Å². The van der Waals surface area contributed by atoms with Crippen LogP contribution in [0.3, 0.4) is 0 Å². The van der Waals surface area contributed by atoms with E-state index in [1.54, 1.807) is 4.90 Å². The Morgan fingerprint density at radius 3 is 1.96 bits per heavy atom. The van der Waals surface area contributed by atoms with Crippen molar-refractivity contribution in [2.45, 2.75) is 78.5 Å². The molecule has 1 fully saturated rings. The first-order valence-corrected chi connectivity index (χ1v) is 17.5. The molecule has 1 aliphatic rings. The summed E-state index contributed by atoms with van der Waals surface area (Å²) in [5.41, 5.74) is 0. The van der Waals surface area contributed by atoms with Gasteiger partial charge in [0.1, 0.15) is 0 Å². The number of hydrogen-bond donors (Lipinski definition) is 0. The fourth-order valence-corrected chi connectivity index (χ4v) is 19.8. The number of hydrogen-bond acceptors (Lipinski definition) is 2. The van der Waals surface area contributed by atoms with E-state index in [1.807, 2.05) is 6.20 Å². The first-order chi connectivity index (χ1) is 12.0. The van der Waals surface area contributed by atoms with Crippen LogP contribution in [0.15, 0.2) is 18.3 Å². The molecule has 0 aliphatic carbocycles. The van der Waals surface area contributed by atoms with E-state index in [4.69, 9.17) is 0 Å². The molecule has 0 aromatic carbocycles. The van der Waals surface area contributed by atoms with Crippen molar-refractivity contribution in [3.63, 3.8) is 0 Å². The van der Waals surface area contributed by atoms with Crippen molar-refractivity contribution < 1.29 is 8.78 Å². The average Bonchev–Trinajstić information content (AvgIpc) is 2.59. The van der Waals surface area contributed by atoms with E-state index in [9.17, 15) is 8.78 Å². The van der Waals surface area contributed by atoms with E-state index in [2.05, 4.69) is 37.9 Å². The maximum absolute atomic E-state index is 13.3. The third-order valence-corrected chi connectivity index (χ3v) is 21.2. The monoisotopic (exact) mass is 460 g/mol. The molecule has 0 amide bonds. The second-order valence-corrected chi connectivity index (χ2v) is 20.9. The third-order valence-electron chi connectivity index (χ3n) is 5.55. The summed E-state index contributed by atoms with van der Waals surface area (Å²) >= 11 is -2.49. The fourth-order valence-electron chi connectivity index (χ4n) is 3.95. The first kappa shape index (κ1) is 20.9. The Balaban J connectivity index is 2.27. The van der Waals surface area contributed by atoms with Crippen LogP contribution in [0.25, 0.3) is 0 Å². The normalized spacial score (nSPS) is 16.8. The van der Waals surface area contributed by atoms with E-state index in [-0.39, 0.29) is 13.1 Å². The molecule has 1 aromatic heterocycles. The quantitative estimate of drug-likeness (QED) is 0.401. The predicted octanol–water partition coefficient (Wildman–Crippen LogP) is 5.59. The van der Waals surface area contributed by atoms with Crippen molar-refractivity contribution in [2.75, 3.05) is 18.0 Å². The standard InChI is InChI=1S/C8H7F2N2.3C4H9.Sn/c9-8(10)5-12(6-8)7-3-1-2-4-11-7;3*1-3-4-2;/h2-4H,5-6H2;3*1,3-4H2,2H3;. The van der Waals surface area contributed by atoms with Gasteiger partial charge in [-0.25, -0.2) is 0 Å². The Morgan fingerprint density at radius 2 is 1.52 bits per heavy atom. The maximum atomic E-state index is 13.3. The van der Waals surface area contributed by atoms with E-state index in [0.29, 0.717) is 0 Å². The van der Waals surface area contributed by atoms with Gasteiger partial charge in [0.15, 0.2) is 0 Å². The molecular formula is C20H34F2N2Sn. The Labute approximate surface area is 156 Å². The molecule has 5 heteroatoms.